The van der Waals surface area contributed by atoms with Crippen molar-refractivity contribution in [3.8, 4) is 0 Å². The van der Waals surface area contributed by atoms with Crippen LogP contribution in [0.2, 0.25) is 5.02 Å². The zero-order valence-corrected chi connectivity index (χ0v) is 17.7. The van der Waals surface area contributed by atoms with Gasteiger partial charge in [0.05, 0.1) is 36.1 Å². The van der Waals surface area contributed by atoms with E-state index >= 15 is 0 Å². The Bertz CT molecular complexity index is 1120. The Morgan fingerprint density at radius 1 is 1.33 bits per heavy atom. The predicted molar refractivity (Wildman–Crippen MR) is 115 cm³/mol. The molecule has 2 amide bonds. The minimum Gasteiger partial charge on any atom is -0.444 e. The van der Waals surface area contributed by atoms with Gasteiger partial charge in [0.25, 0.3) is 5.91 Å². The minimum absolute atomic E-state index is 0.112. The van der Waals surface area contributed by atoms with E-state index in [-0.39, 0.29) is 19.1 Å². The van der Waals surface area contributed by atoms with Gasteiger partial charge in [0.1, 0.15) is 5.60 Å². The second-order valence-corrected chi connectivity index (χ2v) is 8.63. The van der Waals surface area contributed by atoms with E-state index < -0.39 is 17.8 Å². The van der Waals surface area contributed by atoms with E-state index in [1.54, 1.807) is 39.2 Å². The van der Waals surface area contributed by atoms with Gasteiger partial charge in [-0.15, -0.1) is 0 Å². The molecular weight excluding hydrogens is 408 g/mol. The zero-order chi connectivity index (χ0) is 21.5. The van der Waals surface area contributed by atoms with Crippen molar-refractivity contribution in [3.63, 3.8) is 0 Å². The van der Waals surface area contributed by atoms with Crippen LogP contribution in [0.25, 0.3) is 21.8 Å². The first-order valence-corrected chi connectivity index (χ1v) is 10.0. The summed E-state index contributed by atoms with van der Waals surface area (Å²) in [5, 5.41) is 5.23. The van der Waals surface area contributed by atoms with E-state index in [4.69, 9.17) is 21.1 Å². The molecule has 9 heteroatoms. The van der Waals surface area contributed by atoms with Crippen molar-refractivity contribution in [2.45, 2.75) is 32.5 Å². The van der Waals surface area contributed by atoms with E-state index in [0.29, 0.717) is 17.3 Å². The third kappa shape index (κ3) is 4.20. The summed E-state index contributed by atoms with van der Waals surface area (Å²) in [5.41, 5.74) is 1.52. The predicted octanol–water partition coefficient (Wildman–Crippen LogP) is 3.94. The highest BCUT2D eigenvalue weighted by atomic mass is 35.5. The highest BCUT2D eigenvalue weighted by Gasteiger charge is 2.32. The summed E-state index contributed by atoms with van der Waals surface area (Å²) in [6.07, 6.45) is 2.15. The van der Waals surface area contributed by atoms with E-state index in [0.717, 1.165) is 21.8 Å². The average molecular weight is 431 g/mol. The van der Waals surface area contributed by atoms with E-state index in [2.05, 4.69) is 15.3 Å². The highest BCUT2D eigenvalue weighted by Crippen LogP contribution is 2.33. The van der Waals surface area contributed by atoms with Crippen molar-refractivity contribution >= 4 is 51.1 Å². The third-order valence-electron chi connectivity index (χ3n) is 4.74. The molecule has 3 heterocycles. The number of hydrogen-bond donors (Lipinski definition) is 2. The van der Waals surface area contributed by atoms with Gasteiger partial charge in [0.15, 0.2) is 6.10 Å². The second-order valence-electron chi connectivity index (χ2n) is 8.20. The van der Waals surface area contributed by atoms with Crippen LogP contribution in [0.4, 0.5) is 10.5 Å². The number of rotatable bonds is 2. The zero-order valence-electron chi connectivity index (χ0n) is 17.0. The molecule has 1 aliphatic rings. The number of carbonyl (C=O) groups excluding carboxylic acids is 2. The molecule has 1 atom stereocenters. The summed E-state index contributed by atoms with van der Waals surface area (Å²) >= 11 is 6.30. The Balaban J connectivity index is 1.55. The van der Waals surface area contributed by atoms with Gasteiger partial charge in [-0.3, -0.25) is 9.78 Å². The number of nitrogens with zero attached hydrogens (tertiary/aromatic N) is 2. The molecule has 1 aliphatic heterocycles. The third-order valence-corrected chi connectivity index (χ3v) is 4.96. The van der Waals surface area contributed by atoms with Gasteiger partial charge in [-0.25, -0.2) is 4.79 Å². The molecule has 3 aromatic rings. The molecule has 158 valence electrons. The van der Waals surface area contributed by atoms with E-state index in [1.165, 1.54) is 4.90 Å². The number of halogens is 1. The standard InChI is InChI=1S/C21H23ClN4O4/c1-21(2,3)30-20(28)26-6-7-29-17(11-26)19(27)25-15-9-12(22)8-14-13-4-5-23-10-16(13)24-18(14)15/h4-5,8-10,17,24H,6-7,11H2,1-3H3,(H,25,27). The molecule has 1 saturated heterocycles. The highest BCUT2D eigenvalue weighted by molar-refractivity contribution is 6.32. The van der Waals surface area contributed by atoms with Crippen LogP contribution in [0.3, 0.4) is 0 Å². The number of morpholine rings is 1. The SMILES string of the molecule is CC(C)(C)OC(=O)N1CCOC(C(=O)Nc2cc(Cl)cc3c2[nH]c2cnccc23)C1. The maximum Gasteiger partial charge on any atom is 0.410 e. The molecule has 4 rings (SSSR count). The van der Waals surface area contributed by atoms with Crippen LogP contribution in [-0.2, 0) is 14.3 Å². The van der Waals surface area contributed by atoms with Gasteiger partial charge in [0, 0.05) is 28.5 Å². The van der Waals surface area contributed by atoms with Crippen LogP contribution in [0.5, 0.6) is 0 Å². The van der Waals surface area contributed by atoms with Crippen molar-refractivity contribution in [1.29, 1.82) is 0 Å². The molecule has 30 heavy (non-hydrogen) atoms. The normalized spacial score (nSPS) is 17.3. The molecule has 2 N–H and O–H groups in total. The van der Waals surface area contributed by atoms with Crippen molar-refractivity contribution in [1.82, 2.24) is 14.9 Å². The second kappa shape index (κ2) is 7.77. The molecule has 0 radical (unpaired) electrons. The number of amides is 2. The van der Waals surface area contributed by atoms with Crippen molar-refractivity contribution in [2.24, 2.45) is 0 Å². The Kier molecular flexibility index (Phi) is 5.29. The minimum atomic E-state index is -0.814. The Morgan fingerprint density at radius 3 is 2.90 bits per heavy atom. The number of ether oxygens (including phenoxy) is 2. The summed E-state index contributed by atoms with van der Waals surface area (Å²) in [6.45, 7) is 6.14. The lowest BCUT2D eigenvalue weighted by Crippen LogP contribution is -2.51. The van der Waals surface area contributed by atoms with Crippen LogP contribution in [0.15, 0.2) is 30.6 Å². The number of aromatic amines is 1. The van der Waals surface area contributed by atoms with Crippen molar-refractivity contribution < 1.29 is 19.1 Å². The van der Waals surface area contributed by atoms with Gasteiger partial charge in [-0.1, -0.05) is 11.6 Å². The van der Waals surface area contributed by atoms with Crippen molar-refractivity contribution in [2.75, 3.05) is 25.0 Å². The lowest BCUT2D eigenvalue weighted by molar-refractivity contribution is -0.132. The Hall–Kier alpha value is -2.84. The number of fused-ring (bicyclic) bond motifs is 3. The Labute approximate surface area is 178 Å². The summed E-state index contributed by atoms with van der Waals surface area (Å²) in [7, 11) is 0. The number of hydrogen-bond acceptors (Lipinski definition) is 5. The summed E-state index contributed by atoms with van der Waals surface area (Å²) in [4.78, 5) is 34.1. The monoisotopic (exact) mass is 430 g/mol. The van der Waals surface area contributed by atoms with Gasteiger partial charge < -0.3 is 24.7 Å². The molecular formula is C21H23ClN4O4. The number of H-pyrrole nitrogens is 1. The lowest BCUT2D eigenvalue weighted by Gasteiger charge is -2.33. The first-order chi connectivity index (χ1) is 14.2. The fourth-order valence-electron chi connectivity index (χ4n) is 3.43. The largest absolute Gasteiger partial charge is 0.444 e. The summed E-state index contributed by atoms with van der Waals surface area (Å²) < 4.78 is 11.0. The molecule has 0 bridgehead atoms. The van der Waals surface area contributed by atoms with Crippen LogP contribution in [0.1, 0.15) is 20.8 Å². The molecule has 0 spiro atoms. The van der Waals surface area contributed by atoms with E-state index in [9.17, 15) is 9.59 Å². The molecule has 0 aliphatic carbocycles. The quantitative estimate of drug-likeness (QED) is 0.641. The number of aromatic nitrogens is 2. The number of benzene rings is 1. The summed E-state index contributed by atoms with van der Waals surface area (Å²) in [5.74, 6) is -0.358. The first-order valence-electron chi connectivity index (χ1n) is 9.66. The molecule has 1 aromatic carbocycles. The number of pyridine rings is 1. The van der Waals surface area contributed by atoms with Crippen molar-refractivity contribution in [3.05, 3.63) is 35.6 Å². The summed E-state index contributed by atoms with van der Waals surface area (Å²) in [6, 6.07) is 5.41. The number of nitrogens with one attached hydrogen (secondary N) is 2. The average Bonchev–Trinajstić information content (AvgIpc) is 3.05. The maximum absolute atomic E-state index is 12.9. The maximum atomic E-state index is 12.9. The topological polar surface area (TPSA) is 96.5 Å². The van der Waals surface area contributed by atoms with Gasteiger partial charge in [-0.05, 0) is 39.0 Å². The van der Waals surface area contributed by atoms with Gasteiger partial charge >= 0.3 is 6.09 Å². The molecule has 1 fully saturated rings. The Morgan fingerprint density at radius 2 is 2.13 bits per heavy atom. The fourth-order valence-corrected chi connectivity index (χ4v) is 3.65. The van der Waals surface area contributed by atoms with Crippen LogP contribution in [-0.4, -0.2) is 58.3 Å². The first kappa shape index (κ1) is 20.4. The molecule has 8 nitrogen and oxygen atoms in total. The van der Waals surface area contributed by atoms with Crippen LogP contribution >= 0.6 is 11.6 Å². The number of carbonyl (C=O) groups is 2. The fraction of sp³-hybridized carbons (Fsp3) is 0.381. The van der Waals surface area contributed by atoms with Gasteiger partial charge in [-0.2, -0.15) is 0 Å². The van der Waals surface area contributed by atoms with Crippen LogP contribution in [0, 0.1) is 0 Å². The molecule has 1 unspecified atom stereocenters. The number of anilines is 1. The smallest absolute Gasteiger partial charge is 0.410 e. The molecule has 2 aromatic heterocycles. The molecule has 0 saturated carbocycles. The van der Waals surface area contributed by atoms with Gasteiger partial charge in [0.2, 0.25) is 0 Å². The lowest BCUT2D eigenvalue weighted by atomic mass is 10.1. The van der Waals surface area contributed by atoms with E-state index in [1.807, 2.05) is 12.1 Å². The van der Waals surface area contributed by atoms with Crippen LogP contribution < -0.4 is 5.32 Å².